The van der Waals surface area contributed by atoms with Crippen LogP contribution < -0.4 is 5.43 Å². The molecule has 0 saturated carbocycles. The van der Waals surface area contributed by atoms with E-state index in [0.717, 1.165) is 6.07 Å². The Bertz CT molecular complexity index is 940. The number of aromatic nitrogens is 3. The predicted molar refractivity (Wildman–Crippen MR) is 81.1 cm³/mol. The summed E-state index contributed by atoms with van der Waals surface area (Å²) in [5.41, 5.74) is -0.490. The van der Waals surface area contributed by atoms with Gasteiger partial charge in [-0.2, -0.15) is 9.78 Å². The lowest BCUT2D eigenvalue weighted by molar-refractivity contribution is 0.413. The van der Waals surface area contributed by atoms with Crippen LogP contribution in [0, 0.1) is 5.82 Å². The van der Waals surface area contributed by atoms with Crippen LogP contribution in [0.5, 0.6) is 0 Å². The SMILES string of the molecule is COC(=S)c1c(-n2cncn2)oc2cc(Cl)c(F)cc2c1=O. The van der Waals surface area contributed by atoms with Crippen molar-refractivity contribution in [1.29, 1.82) is 0 Å². The van der Waals surface area contributed by atoms with E-state index in [9.17, 15) is 9.18 Å². The molecule has 0 fully saturated rings. The van der Waals surface area contributed by atoms with E-state index in [1.807, 2.05) is 0 Å². The van der Waals surface area contributed by atoms with Gasteiger partial charge in [0, 0.05) is 6.07 Å². The minimum absolute atomic E-state index is 0.000153. The van der Waals surface area contributed by atoms with Gasteiger partial charge in [-0.3, -0.25) is 4.79 Å². The van der Waals surface area contributed by atoms with Crippen LogP contribution in [-0.4, -0.2) is 26.9 Å². The molecule has 6 nitrogen and oxygen atoms in total. The molecule has 2 heterocycles. The standard InChI is InChI=1S/C13H7ClFN3O3S/c1-20-13(22)10-11(19)6-2-8(15)7(14)3-9(6)21-12(10)18-5-16-4-17-18/h2-5H,1H3. The van der Waals surface area contributed by atoms with E-state index in [0.29, 0.717) is 0 Å². The van der Waals surface area contributed by atoms with Crippen molar-refractivity contribution in [2.45, 2.75) is 0 Å². The number of methoxy groups -OCH3 is 1. The highest BCUT2D eigenvalue weighted by atomic mass is 35.5. The van der Waals surface area contributed by atoms with Crippen molar-refractivity contribution in [3.63, 3.8) is 0 Å². The zero-order valence-electron chi connectivity index (χ0n) is 11.0. The molecule has 0 aliphatic rings. The Kier molecular flexibility index (Phi) is 3.63. The molecule has 2 aromatic heterocycles. The minimum Gasteiger partial charge on any atom is -0.486 e. The molecule has 3 aromatic rings. The van der Waals surface area contributed by atoms with E-state index in [-0.39, 0.29) is 32.5 Å². The molecule has 112 valence electrons. The Morgan fingerprint density at radius 1 is 1.50 bits per heavy atom. The molecule has 0 N–H and O–H groups in total. The molecule has 0 atom stereocenters. The number of ether oxygens (including phenoxy) is 1. The molecule has 3 rings (SSSR count). The van der Waals surface area contributed by atoms with Gasteiger partial charge < -0.3 is 9.15 Å². The summed E-state index contributed by atoms with van der Waals surface area (Å²) >= 11 is 10.8. The molecule has 0 unspecified atom stereocenters. The molecule has 0 radical (unpaired) electrons. The van der Waals surface area contributed by atoms with Gasteiger partial charge in [0.2, 0.25) is 11.3 Å². The van der Waals surface area contributed by atoms with Gasteiger partial charge in [-0.1, -0.05) is 11.6 Å². The third-order valence-electron chi connectivity index (χ3n) is 2.93. The zero-order chi connectivity index (χ0) is 15.9. The van der Waals surface area contributed by atoms with Crippen molar-refractivity contribution in [2.75, 3.05) is 7.11 Å². The second-order valence-corrected chi connectivity index (χ2v) is 4.98. The first kappa shape index (κ1) is 14.6. The van der Waals surface area contributed by atoms with Gasteiger partial charge >= 0.3 is 0 Å². The van der Waals surface area contributed by atoms with Crippen molar-refractivity contribution in [3.05, 3.63) is 51.4 Å². The Hall–Kier alpha value is -2.32. The number of thiocarbonyl (C=S) groups is 1. The molecule has 0 spiro atoms. The van der Waals surface area contributed by atoms with Crippen molar-refractivity contribution < 1.29 is 13.5 Å². The molecule has 0 aliphatic heterocycles. The fourth-order valence-corrected chi connectivity index (χ4v) is 2.27. The van der Waals surface area contributed by atoms with Crippen LogP contribution in [0.15, 0.2) is 34.0 Å². The minimum atomic E-state index is -0.732. The summed E-state index contributed by atoms with van der Waals surface area (Å²) in [5.74, 6) is -0.714. The topological polar surface area (TPSA) is 70.2 Å². The molecule has 9 heteroatoms. The molecular formula is C13H7ClFN3O3S. The first-order chi connectivity index (χ1) is 10.5. The zero-order valence-corrected chi connectivity index (χ0v) is 12.6. The number of fused-ring (bicyclic) bond motifs is 1. The van der Waals surface area contributed by atoms with Crippen LogP contribution in [-0.2, 0) is 4.74 Å². The number of benzene rings is 1. The third kappa shape index (κ3) is 2.26. The fraction of sp³-hybridized carbons (Fsp3) is 0.0769. The fourth-order valence-electron chi connectivity index (χ4n) is 1.93. The van der Waals surface area contributed by atoms with Gasteiger partial charge in [-0.25, -0.2) is 9.37 Å². The molecule has 1 aromatic carbocycles. The summed E-state index contributed by atoms with van der Waals surface area (Å²) < 4.78 is 25.4. The molecule has 0 saturated heterocycles. The Morgan fingerprint density at radius 3 is 2.91 bits per heavy atom. The van der Waals surface area contributed by atoms with Gasteiger partial charge in [0.1, 0.15) is 29.6 Å². The average molecular weight is 340 g/mol. The van der Waals surface area contributed by atoms with E-state index < -0.39 is 11.2 Å². The van der Waals surface area contributed by atoms with Gasteiger partial charge in [0.15, 0.2) is 5.05 Å². The van der Waals surface area contributed by atoms with Crippen molar-refractivity contribution >= 4 is 39.8 Å². The Morgan fingerprint density at radius 2 is 2.27 bits per heavy atom. The van der Waals surface area contributed by atoms with Gasteiger partial charge in [-0.05, 0) is 18.3 Å². The highest BCUT2D eigenvalue weighted by molar-refractivity contribution is 7.80. The molecule has 0 bridgehead atoms. The van der Waals surface area contributed by atoms with Crippen molar-refractivity contribution in [2.24, 2.45) is 0 Å². The van der Waals surface area contributed by atoms with E-state index >= 15 is 0 Å². The summed E-state index contributed by atoms with van der Waals surface area (Å²) in [7, 11) is 1.32. The summed E-state index contributed by atoms with van der Waals surface area (Å²) in [6.07, 6.45) is 2.60. The third-order valence-corrected chi connectivity index (χ3v) is 3.59. The van der Waals surface area contributed by atoms with E-state index in [1.54, 1.807) is 0 Å². The second kappa shape index (κ2) is 5.47. The smallest absolute Gasteiger partial charge is 0.237 e. The molecule has 22 heavy (non-hydrogen) atoms. The number of halogens is 2. The molecule has 0 amide bonds. The second-order valence-electron chi connectivity index (χ2n) is 4.21. The number of nitrogens with zero attached hydrogens (tertiary/aromatic N) is 3. The van der Waals surface area contributed by atoms with Gasteiger partial charge in [0.05, 0.1) is 17.5 Å². The normalized spacial score (nSPS) is 10.9. The molecular weight excluding hydrogens is 333 g/mol. The lowest BCUT2D eigenvalue weighted by atomic mass is 10.1. The molecule has 0 aliphatic carbocycles. The van der Waals surface area contributed by atoms with Crippen LogP contribution in [0.3, 0.4) is 0 Å². The van der Waals surface area contributed by atoms with Crippen LogP contribution in [0.1, 0.15) is 5.56 Å². The first-order valence-electron chi connectivity index (χ1n) is 5.92. The van der Waals surface area contributed by atoms with E-state index in [2.05, 4.69) is 10.1 Å². The number of hydrogen-bond donors (Lipinski definition) is 0. The summed E-state index contributed by atoms with van der Waals surface area (Å²) in [4.78, 5) is 16.4. The Labute approximate surface area is 133 Å². The number of hydrogen-bond acceptors (Lipinski definition) is 6. The maximum absolute atomic E-state index is 13.6. The van der Waals surface area contributed by atoms with Crippen molar-refractivity contribution in [3.8, 4) is 5.88 Å². The van der Waals surface area contributed by atoms with Crippen LogP contribution >= 0.6 is 23.8 Å². The highest BCUT2D eigenvalue weighted by Gasteiger charge is 2.22. The largest absolute Gasteiger partial charge is 0.486 e. The maximum Gasteiger partial charge on any atom is 0.237 e. The monoisotopic (exact) mass is 339 g/mol. The quantitative estimate of drug-likeness (QED) is 0.668. The maximum atomic E-state index is 13.6. The predicted octanol–water partition coefficient (Wildman–Crippen LogP) is 2.49. The van der Waals surface area contributed by atoms with Crippen LogP contribution in [0.25, 0.3) is 16.9 Å². The lowest BCUT2D eigenvalue weighted by Gasteiger charge is -2.09. The van der Waals surface area contributed by atoms with Crippen molar-refractivity contribution in [1.82, 2.24) is 14.8 Å². The number of rotatable bonds is 2. The Balaban J connectivity index is 2.45. The van der Waals surface area contributed by atoms with Gasteiger partial charge in [-0.15, -0.1) is 0 Å². The van der Waals surface area contributed by atoms with Crippen LogP contribution in [0.2, 0.25) is 5.02 Å². The van der Waals surface area contributed by atoms with Gasteiger partial charge in [0.25, 0.3) is 0 Å². The highest BCUT2D eigenvalue weighted by Crippen LogP contribution is 2.24. The van der Waals surface area contributed by atoms with Crippen LogP contribution in [0.4, 0.5) is 4.39 Å². The summed E-state index contributed by atoms with van der Waals surface area (Å²) in [6, 6.07) is 2.21. The lowest BCUT2D eigenvalue weighted by Crippen LogP contribution is -2.20. The summed E-state index contributed by atoms with van der Waals surface area (Å²) in [5, 5.41) is 3.64. The summed E-state index contributed by atoms with van der Waals surface area (Å²) in [6.45, 7) is 0. The van der Waals surface area contributed by atoms with E-state index in [1.165, 1.54) is 30.5 Å². The van der Waals surface area contributed by atoms with E-state index in [4.69, 9.17) is 33.0 Å². The average Bonchev–Trinajstić information content (AvgIpc) is 3.02. The first-order valence-corrected chi connectivity index (χ1v) is 6.70.